The molecule has 2 atom stereocenters. The van der Waals surface area contributed by atoms with Crippen molar-refractivity contribution in [1.29, 1.82) is 0 Å². The Morgan fingerprint density at radius 1 is 0.569 bits per heavy atom. The Bertz CT molecular complexity index is 854. The number of likely N-dealkylation sites (N-methyl/N-ethyl adjacent to an activating group) is 1. The number of carbonyl (C=O) groups is 3. The van der Waals surface area contributed by atoms with Crippen molar-refractivity contribution in [3.8, 4) is 0 Å². The van der Waals surface area contributed by atoms with E-state index in [2.05, 4.69) is 26.0 Å². The van der Waals surface area contributed by atoms with Gasteiger partial charge in [0.2, 0.25) is 0 Å². The third kappa shape index (κ3) is 33.6. The van der Waals surface area contributed by atoms with Gasteiger partial charge in [-0.05, 0) is 38.5 Å². The van der Waals surface area contributed by atoms with Crippen LogP contribution in [0.25, 0.3) is 0 Å². The fraction of sp³-hybridized carbons (Fsp3) is 0.884. The number of rotatable bonds is 38. The molecule has 0 N–H and O–H groups in total. The van der Waals surface area contributed by atoms with Crippen LogP contribution in [0.5, 0.6) is 0 Å². The number of hydrogen-bond acceptors (Lipinski definition) is 7. The van der Waals surface area contributed by atoms with Crippen molar-refractivity contribution in [2.75, 3.05) is 41.0 Å². The van der Waals surface area contributed by atoms with Gasteiger partial charge in [-0.25, -0.2) is 0 Å². The van der Waals surface area contributed by atoms with E-state index in [0.717, 1.165) is 51.4 Å². The SMILES string of the molecule is CCCCCCCC/C=C/CCCCCC(=O)OC(COCCC(C(=O)[O-])[N+](C)(C)C)COC(=O)CCCCCCCCCCCCCCCC. The van der Waals surface area contributed by atoms with Crippen LogP contribution in [-0.4, -0.2) is 75.5 Å². The molecule has 8 nitrogen and oxygen atoms in total. The van der Waals surface area contributed by atoms with E-state index >= 15 is 0 Å². The number of esters is 2. The van der Waals surface area contributed by atoms with Crippen molar-refractivity contribution in [1.82, 2.24) is 0 Å². The number of unbranched alkanes of at least 4 members (excludes halogenated alkanes) is 22. The molecule has 300 valence electrons. The summed E-state index contributed by atoms with van der Waals surface area (Å²) in [6.45, 7) is 4.65. The van der Waals surface area contributed by atoms with Crippen LogP contribution in [0.1, 0.15) is 194 Å². The zero-order valence-corrected chi connectivity index (χ0v) is 34.0. The maximum Gasteiger partial charge on any atom is 0.306 e. The summed E-state index contributed by atoms with van der Waals surface area (Å²) >= 11 is 0. The van der Waals surface area contributed by atoms with E-state index in [4.69, 9.17) is 14.2 Å². The van der Waals surface area contributed by atoms with Crippen LogP contribution in [0.2, 0.25) is 0 Å². The van der Waals surface area contributed by atoms with Crippen LogP contribution in [0.15, 0.2) is 12.2 Å². The predicted molar refractivity (Wildman–Crippen MR) is 208 cm³/mol. The van der Waals surface area contributed by atoms with Gasteiger partial charge >= 0.3 is 11.9 Å². The number of carbonyl (C=O) groups excluding carboxylic acids is 3. The predicted octanol–water partition coefficient (Wildman–Crippen LogP) is 9.80. The number of hydrogen-bond donors (Lipinski definition) is 0. The Balaban J connectivity index is 4.37. The summed E-state index contributed by atoms with van der Waals surface area (Å²) in [6, 6.07) is -0.723. The quantitative estimate of drug-likeness (QED) is 0.0271. The molecular weight excluding hydrogens is 642 g/mol. The minimum atomic E-state index is -1.13. The number of quaternary nitrogens is 1. The average Bonchev–Trinajstić information content (AvgIpc) is 3.08. The Hall–Kier alpha value is -1.93. The monoisotopic (exact) mass is 724 g/mol. The lowest BCUT2D eigenvalue weighted by Crippen LogP contribution is -2.55. The van der Waals surface area contributed by atoms with E-state index in [9.17, 15) is 19.5 Å². The van der Waals surface area contributed by atoms with Crippen molar-refractivity contribution < 1.29 is 38.2 Å². The van der Waals surface area contributed by atoms with Crippen molar-refractivity contribution in [2.24, 2.45) is 0 Å². The van der Waals surface area contributed by atoms with Gasteiger partial charge < -0.3 is 28.6 Å². The standard InChI is InChI=1S/C43H81NO7/c1-6-8-10-12-14-16-18-20-22-23-25-27-29-31-33-41(45)50-38-39(37-49-36-35-40(43(47)48)44(3,4)5)51-42(46)34-32-30-28-26-24-21-19-17-15-13-11-9-7-2/h21,24,39-40H,6-20,22-23,25-38H2,1-5H3/b24-21+. The second kappa shape index (κ2) is 35.1. The summed E-state index contributed by atoms with van der Waals surface area (Å²) in [6.07, 6.45) is 35.1. The van der Waals surface area contributed by atoms with Crippen molar-refractivity contribution >= 4 is 17.9 Å². The molecule has 0 saturated carbocycles. The summed E-state index contributed by atoms with van der Waals surface area (Å²) < 4.78 is 17.1. The van der Waals surface area contributed by atoms with Crippen LogP contribution in [0.4, 0.5) is 0 Å². The van der Waals surface area contributed by atoms with E-state index in [1.807, 2.05) is 0 Å². The minimum Gasteiger partial charge on any atom is -0.544 e. The van der Waals surface area contributed by atoms with Gasteiger partial charge in [0.25, 0.3) is 0 Å². The van der Waals surface area contributed by atoms with E-state index in [-0.39, 0.29) is 42.7 Å². The van der Waals surface area contributed by atoms with Gasteiger partial charge in [0.05, 0.1) is 40.3 Å². The topological polar surface area (TPSA) is 102 Å². The first-order chi connectivity index (χ1) is 24.6. The maximum atomic E-state index is 12.7. The molecule has 0 amide bonds. The lowest BCUT2D eigenvalue weighted by molar-refractivity contribution is -0.889. The molecule has 8 heteroatoms. The van der Waals surface area contributed by atoms with Crippen molar-refractivity contribution in [3.63, 3.8) is 0 Å². The second-order valence-electron chi connectivity index (χ2n) is 15.6. The molecule has 0 radical (unpaired) electrons. The fourth-order valence-electron chi connectivity index (χ4n) is 6.30. The lowest BCUT2D eigenvalue weighted by Gasteiger charge is -2.34. The van der Waals surface area contributed by atoms with E-state index in [1.54, 1.807) is 21.1 Å². The highest BCUT2D eigenvalue weighted by molar-refractivity contribution is 5.70. The van der Waals surface area contributed by atoms with Crippen LogP contribution < -0.4 is 5.11 Å². The highest BCUT2D eigenvalue weighted by Crippen LogP contribution is 2.15. The second-order valence-corrected chi connectivity index (χ2v) is 15.6. The van der Waals surface area contributed by atoms with Gasteiger partial charge in [0.1, 0.15) is 12.6 Å². The average molecular weight is 724 g/mol. The Morgan fingerprint density at radius 3 is 1.43 bits per heavy atom. The zero-order valence-electron chi connectivity index (χ0n) is 34.0. The van der Waals surface area contributed by atoms with Crippen LogP contribution in [0, 0.1) is 0 Å². The molecule has 0 rings (SSSR count). The first-order valence-electron chi connectivity index (χ1n) is 21.2. The van der Waals surface area contributed by atoms with Gasteiger partial charge in [0, 0.05) is 19.3 Å². The highest BCUT2D eigenvalue weighted by Gasteiger charge is 2.25. The first-order valence-corrected chi connectivity index (χ1v) is 21.2. The summed E-state index contributed by atoms with van der Waals surface area (Å²) in [7, 11) is 5.40. The third-order valence-electron chi connectivity index (χ3n) is 9.65. The fourth-order valence-corrected chi connectivity index (χ4v) is 6.30. The summed E-state index contributed by atoms with van der Waals surface area (Å²) in [4.78, 5) is 36.7. The van der Waals surface area contributed by atoms with E-state index in [1.165, 1.54) is 109 Å². The molecule has 0 saturated heterocycles. The number of nitrogens with zero attached hydrogens (tertiary/aromatic N) is 1. The number of carboxylic acid groups (broad SMARTS) is 1. The molecular formula is C43H81NO7. The molecule has 51 heavy (non-hydrogen) atoms. The van der Waals surface area contributed by atoms with E-state index < -0.39 is 18.1 Å². The Morgan fingerprint density at radius 2 is 0.980 bits per heavy atom. The van der Waals surface area contributed by atoms with Crippen LogP contribution >= 0.6 is 0 Å². The molecule has 2 unspecified atom stereocenters. The molecule has 0 heterocycles. The van der Waals surface area contributed by atoms with Crippen LogP contribution in [0.3, 0.4) is 0 Å². The molecule has 0 aromatic heterocycles. The minimum absolute atomic E-state index is 0.0399. The van der Waals surface area contributed by atoms with Crippen molar-refractivity contribution in [2.45, 2.75) is 206 Å². The molecule has 0 fully saturated rings. The molecule has 0 spiro atoms. The highest BCUT2D eigenvalue weighted by atomic mass is 16.6. The lowest BCUT2D eigenvalue weighted by atomic mass is 10.0. The zero-order chi connectivity index (χ0) is 37.8. The van der Waals surface area contributed by atoms with Gasteiger partial charge in [-0.3, -0.25) is 9.59 Å². The number of allylic oxidation sites excluding steroid dienone is 2. The largest absolute Gasteiger partial charge is 0.544 e. The third-order valence-corrected chi connectivity index (χ3v) is 9.65. The summed E-state index contributed by atoms with van der Waals surface area (Å²) in [5, 5.41) is 11.6. The number of ether oxygens (including phenoxy) is 3. The molecule has 0 aliphatic heterocycles. The Kier molecular flexibility index (Phi) is 33.8. The molecule has 0 aromatic rings. The maximum absolute atomic E-state index is 12.7. The smallest absolute Gasteiger partial charge is 0.306 e. The number of carboxylic acids is 1. The molecule has 0 aliphatic carbocycles. The molecule has 0 aromatic carbocycles. The van der Waals surface area contributed by atoms with E-state index in [0.29, 0.717) is 12.8 Å². The molecule has 0 aliphatic rings. The summed E-state index contributed by atoms with van der Waals surface area (Å²) in [5.41, 5.74) is 0. The van der Waals surface area contributed by atoms with Crippen molar-refractivity contribution in [3.05, 3.63) is 12.2 Å². The molecule has 0 bridgehead atoms. The number of aliphatic carboxylic acids is 1. The summed E-state index contributed by atoms with van der Waals surface area (Å²) in [5.74, 6) is -1.74. The first kappa shape index (κ1) is 49.1. The van der Waals surface area contributed by atoms with Gasteiger partial charge in [0.15, 0.2) is 6.10 Å². The van der Waals surface area contributed by atoms with Crippen LogP contribution in [-0.2, 0) is 28.6 Å². The van der Waals surface area contributed by atoms with Gasteiger partial charge in [-0.15, -0.1) is 0 Å². The Labute approximate surface area is 314 Å². The van der Waals surface area contributed by atoms with Gasteiger partial charge in [-0.1, -0.05) is 148 Å². The normalized spacial score (nSPS) is 13.0. The van der Waals surface area contributed by atoms with Gasteiger partial charge in [-0.2, -0.15) is 0 Å².